The van der Waals surface area contributed by atoms with Crippen molar-refractivity contribution in [3.05, 3.63) is 52.3 Å². The Morgan fingerprint density at radius 1 is 1.23 bits per heavy atom. The number of amides is 1. The highest BCUT2D eigenvalue weighted by Gasteiger charge is 2.52. The molecule has 10 heteroatoms. The van der Waals surface area contributed by atoms with Gasteiger partial charge in [0.2, 0.25) is 0 Å². The fourth-order valence-corrected chi connectivity index (χ4v) is 5.21. The molecule has 2 aliphatic rings. The molecule has 2 aromatic rings. The number of hydrogen-bond acceptors (Lipinski definition) is 8. The van der Waals surface area contributed by atoms with Crippen molar-refractivity contribution < 1.29 is 23.9 Å². The quantitative estimate of drug-likeness (QED) is 0.452. The molecule has 2 aliphatic heterocycles. The average Bonchev–Trinajstić information content (AvgIpc) is 3.13. The number of carbonyl (C=O) groups is 1. The molecule has 214 valence electrons. The van der Waals surface area contributed by atoms with Crippen molar-refractivity contribution in [2.75, 3.05) is 39.9 Å². The summed E-state index contributed by atoms with van der Waals surface area (Å²) in [4.78, 5) is 22.5. The minimum Gasteiger partial charge on any atom is -0.492 e. The highest BCUT2D eigenvalue weighted by atomic mass is 16.7. The lowest BCUT2D eigenvalue weighted by Crippen LogP contribution is -2.45. The number of rotatable bonds is 10. The topological polar surface area (TPSA) is 108 Å². The van der Waals surface area contributed by atoms with Crippen molar-refractivity contribution in [3.63, 3.8) is 0 Å². The third kappa shape index (κ3) is 5.89. The fourth-order valence-electron chi connectivity index (χ4n) is 5.21. The van der Waals surface area contributed by atoms with E-state index >= 15 is 0 Å². The molecule has 0 bridgehead atoms. The van der Waals surface area contributed by atoms with Gasteiger partial charge in [0.1, 0.15) is 17.4 Å². The van der Waals surface area contributed by atoms with Crippen molar-refractivity contribution in [3.8, 4) is 11.8 Å². The summed E-state index contributed by atoms with van der Waals surface area (Å²) in [6, 6.07) is 7.68. The Morgan fingerprint density at radius 3 is 2.55 bits per heavy atom. The van der Waals surface area contributed by atoms with Crippen LogP contribution in [0.25, 0.3) is 0 Å². The van der Waals surface area contributed by atoms with Crippen molar-refractivity contribution >= 4 is 18.5 Å². The molecule has 1 aromatic carbocycles. The first-order chi connectivity index (χ1) is 18.9. The maximum absolute atomic E-state index is 14.1. The van der Waals surface area contributed by atoms with Crippen LogP contribution in [0.3, 0.4) is 0 Å². The van der Waals surface area contributed by atoms with Gasteiger partial charge >= 0.3 is 7.12 Å². The van der Waals surface area contributed by atoms with E-state index in [2.05, 4.69) is 22.0 Å². The smallest absolute Gasteiger partial charge is 0.492 e. The van der Waals surface area contributed by atoms with E-state index in [-0.39, 0.29) is 18.6 Å². The maximum atomic E-state index is 14.1. The van der Waals surface area contributed by atoms with Crippen LogP contribution in [0.5, 0.6) is 5.75 Å². The molecular weight excluding hydrogens is 507 g/mol. The number of nitriles is 1. The van der Waals surface area contributed by atoms with E-state index < -0.39 is 18.3 Å². The Bertz CT molecular complexity index is 1280. The van der Waals surface area contributed by atoms with Gasteiger partial charge in [-0.1, -0.05) is 6.07 Å². The molecule has 1 aromatic heterocycles. The summed E-state index contributed by atoms with van der Waals surface area (Å²) < 4.78 is 18.5. The van der Waals surface area contributed by atoms with E-state index in [9.17, 15) is 15.2 Å². The van der Waals surface area contributed by atoms with Gasteiger partial charge in [0.05, 0.1) is 36.2 Å². The normalized spacial score (nSPS) is 18.6. The molecule has 40 heavy (non-hydrogen) atoms. The highest BCUT2D eigenvalue weighted by Crippen LogP contribution is 2.38. The van der Waals surface area contributed by atoms with Crippen molar-refractivity contribution in [1.29, 1.82) is 5.26 Å². The third-order valence-corrected chi connectivity index (χ3v) is 8.41. The van der Waals surface area contributed by atoms with Crippen molar-refractivity contribution in [2.45, 2.75) is 71.6 Å². The van der Waals surface area contributed by atoms with E-state index in [0.717, 1.165) is 23.1 Å². The predicted octanol–water partition coefficient (Wildman–Crippen LogP) is 2.88. The first kappa shape index (κ1) is 30.0. The molecule has 0 spiro atoms. The van der Waals surface area contributed by atoms with E-state index in [4.69, 9.17) is 14.0 Å². The number of aliphatic hydroxyl groups is 1. The number of aromatic nitrogens is 1. The number of likely N-dealkylation sites (N-methyl/N-ethyl adjacent to an activating group) is 1. The highest BCUT2D eigenvalue weighted by molar-refractivity contribution is 6.63. The van der Waals surface area contributed by atoms with E-state index in [0.29, 0.717) is 55.1 Å². The van der Waals surface area contributed by atoms with E-state index in [1.54, 1.807) is 6.07 Å². The molecule has 9 nitrogen and oxygen atoms in total. The van der Waals surface area contributed by atoms with Crippen LogP contribution in [-0.2, 0) is 22.2 Å². The van der Waals surface area contributed by atoms with Gasteiger partial charge in [-0.25, -0.2) is 0 Å². The summed E-state index contributed by atoms with van der Waals surface area (Å²) in [5, 5.41) is 18.7. The summed E-state index contributed by atoms with van der Waals surface area (Å²) in [5.74, 6) is 0.408. The zero-order chi connectivity index (χ0) is 29.2. The Balaban J connectivity index is 1.70. The van der Waals surface area contributed by atoms with Crippen LogP contribution in [-0.4, -0.2) is 84.0 Å². The molecule has 0 saturated carbocycles. The van der Waals surface area contributed by atoms with Gasteiger partial charge in [0, 0.05) is 37.5 Å². The Morgan fingerprint density at radius 2 is 1.93 bits per heavy atom. The second-order valence-corrected chi connectivity index (χ2v) is 11.7. The molecule has 1 N–H and O–H groups in total. The molecule has 1 atom stereocenters. The average molecular weight is 548 g/mol. The van der Waals surface area contributed by atoms with Crippen LogP contribution in [0.4, 0.5) is 0 Å². The molecule has 1 amide bonds. The number of carbonyl (C=O) groups excluding carboxylic acids is 1. The molecule has 1 unspecified atom stereocenters. The van der Waals surface area contributed by atoms with Gasteiger partial charge in [0.25, 0.3) is 5.91 Å². The summed E-state index contributed by atoms with van der Waals surface area (Å²) in [7, 11) is 1.40. The van der Waals surface area contributed by atoms with Crippen LogP contribution >= 0.6 is 0 Å². The zero-order valence-corrected chi connectivity index (χ0v) is 24.8. The Hall–Kier alpha value is -2.97. The number of fused-ring (bicyclic) bond motifs is 1. The number of pyridine rings is 1. The van der Waals surface area contributed by atoms with Crippen molar-refractivity contribution in [1.82, 2.24) is 14.8 Å². The summed E-state index contributed by atoms with van der Waals surface area (Å²) in [6.45, 7) is 14.3. The summed E-state index contributed by atoms with van der Waals surface area (Å²) >= 11 is 0. The summed E-state index contributed by atoms with van der Waals surface area (Å²) in [6.07, 6.45) is 2.88. The van der Waals surface area contributed by atoms with E-state index in [1.807, 2.05) is 59.6 Å². The SMILES string of the molecule is CCOc1cc(C(C)N2CCc3c(B4OC(C)(C)C(C)(C)O4)cc(CCN(C)CCO)cc3C2=O)ncc1C#N. The van der Waals surface area contributed by atoms with Gasteiger partial charge < -0.3 is 29.0 Å². The standard InChI is InChI=1S/C30H41BN4O5/c1-8-38-27-17-26(33-19-22(27)18-32)20(2)35-12-10-23-24(28(35)37)15-21(9-11-34(7)13-14-36)16-25(23)31-39-29(3,4)30(5,6)40-31/h15-17,19-20,36H,8-14H2,1-7H3. The number of ether oxygens (including phenoxy) is 1. The molecule has 4 rings (SSSR count). The summed E-state index contributed by atoms with van der Waals surface area (Å²) in [5.41, 5.74) is 3.59. The van der Waals surface area contributed by atoms with Gasteiger partial charge in [-0.2, -0.15) is 5.26 Å². The molecule has 1 saturated heterocycles. The van der Waals surface area contributed by atoms with E-state index in [1.165, 1.54) is 6.20 Å². The number of nitrogens with zero attached hydrogens (tertiary/aromatic N) is 4. The number of benzene rings is 1. The van der Waals surface area contributed by atoms with Crippen molar-refractivity contribution in [2.24, 2.45) is 0 Å². The van der Waals surface area contributed by atoms with Crippen LogP contribution in [0.1, 0.15) is 80.3 Å². The van der Waals surface area contributed by atoms with Crippen LogP contribution in [0, 0.1) is 11.3 Å². The minimum absolute atomic E-state index is 0.0683. The first-order valence-electron chi connectivity index (χ1n) is 14.1. The molecule has 3 heterocycles. The largest absolute Gasteiger partial charge is 0.495 e. The second-order valence-electron chi connectivity index (χ2n) is 11.7. The van der Waals surface area contributed by atoms with Gasteiger partial charge in [0.15, 0.2) is 0 Å². The molecule has 1 fully saturated rings. The third-order valence-electron chi connectivity index (χ3n) is 8.41. The lowest BCUT2D eigenvalue weighted by Gasteiger charge is -2.35. The predicted molar refractivity (Wildman–Crippen MR) is 154 cm³/mol. The number of hydrogen-bond donors (Lipinski definition) is 1. The number of aliphatic hydroxyl groups excluding tert-OH is 1. The van der Waals surface area contributed by atoms with Crippen LogP contribution in [0.15, 0.2) is 24.4 Å². The van der Waals surface area contributed by atoms with Crippen LogP contribution in [0.2, 0.25) is 0 Å². The lowest BCUT2D eigenvalue weighted by atomic mass is 9.72. The maximum Gasteiger partial charge on any atom is 0.495 e. The Labute approximate surface area is 238 Å². The monoisotopic (exact) mass is 548 g/mol. The van der Waals surface area contributed by atoms with Gasteiger partial charge in [-0.05, 0) is 84.1 Å². The van der Waals surface area contributed by atoms with Gasteiger partial charge in [-0.3, -0.25) is 9.78 Å². The minimum atomic E-state index is -0.570. The fraction of sp³-hybridized carbons (Fsp3) is 0.567. The molecule has 0 aliphatic carbocycles. The molecular formula is C30H41BN4O5. The first-order valence-corrected chi connectivity index (χ1v) is 14.1. The zero-order valence-electron chi connectivity index (χ0n) is 24.8. The van der Waals surface area contributed by atoms with Crippen LogP contribution < -0.4 is 10.2 Å². The lowest BCUT2D eigenvalue weighted by molar-refractivity contribution is 0.00578. The Kier molecular flexibility index (Phi) is 8.91. The second kappa shape index (κ2) is 11.9. The van der Waals surface area contributed by atoms with Gasteiger partial charge in [-0.15, -0.1) is 0 Å². The molecule has 0 radical (unpaired) electrons.